The van der Waals surface area contributed by atoms with Crippen molar-refractivity contribution in [1.82, 2.24) is 0 Å². The fourth-order valence-corrected chi connectivity index (χ4v) is 2.54. The van der Waals surface area contributed by atoms with Crippen molar-refractivity contribution < 1.29 is 0 Å². The Morgan fingerprint density at radius 2 is 1.39 bits per heavy atom. The summed E-state index contributed by atoms with van der Waals surface area (Å²) < 4.78 is 0. The molecule has 0 aliphatic rings. The molecule has 0 radical (unpaired) electrons. The minimum Gasteiger partial charge on any atom is -0.399 e. The summed E-state index contributed by atoms with van der Waals surface area (Å²) in [7, 11) is 0. The summed E-state index contributed by atoms with van der Waals surface area (Å²) in [6.07, 6.45) is 0. The van der Waals surface area contributed by atoms with Crippen molar-refractivity contribution in [2.24, 2.45) is 0 Å². The van der Waals surface area contributed by atoms with Gasteiger partial charge in [0.05, 0.1) is 0 Å². The van der Waals surface area contributed by atoms with Gasteiger partial charge < -0.3 is 11.1 Å². The summed E-state index contributed by atoms with van der Waals surface area (Å²) >= 11 is 0. The molecule has 0 heterocycles. The quantitative estimate of drug-likeness (QED) is 0.653. The monoisotopic (exact) mass is 302 g/mol. The van der Waals surface area contributed by atoms with Gasteiger partial charge in [-0.2, -0.15) is 0 Å². The van der Waals surface area contributed by atoms with Crippen LogP contribution in [0.4, 0.5) is 11.4 Å². The van der Waals surface area contributed by atoms with Crippen LogP contribution in [0.2, 0.25) is 0 Å². The van der Waals surface area contributed by atoms with Gasteiger partial charge in [-0.1, -0.05) is 42.5 Å². The highest BCUT2D eigenvalue weighted by Crippen LogP contribution is 2.24. The Hall–Kier alpha value is -2.74. The smallest absolute Gasteiger partial charge is 0.0400 e. The Kier molecular flexibility index (Phi) is 4.33. The Morgan fingerprint density at radius 3 is 2.04 bits per heavy atom. The molecule has 2 heteroatoms. The second kappa shape index (κ2) is 6.57. The van der Waals surface area contributed by atoms with Crippen molar-refractivity contribution in [3.05, 3.63) is 83.4 Å². The molecule has 0 spiro atoms. The molecule has 0 aliphatic heterocycles. The van der Waals surface area contributed by atoms with Crippen LogP contribution in [0.15, 0.2) is 66.7 Å². The first-order valence-corrected chi connectivity index (χ1v) is 7.88. The number of nitrogens with two attached hydrogens (primary N) is 1. The van der Waals surface area contributed by atoms with E-state index in [1.54, 1.807) is 0 Å². The van der Waals surface area contributed by atoms with Gasteiger partial charge >= 0.3 is 0 Å². The molecule has 0 aromatic heterocycles. The molecule has 0 unspecified atom stereocenters. The lowest BCUT2D eigenvalue weighted by molar-refractivity contribution is 1.15. The van der Waals surface area contributed by atoms with E-state index in [1.165, 1.54) is 27.8 Å². The molecule has 116 valence electrons. The maximum atomic E-state index is 5.71. The molecule has 0 saturated heterocycles. The SMILES string of the molecule is Cc1ccc(-c2ccc(NCc3ccc(N)cc3)cc2)cc1C. The van der Waals surface area contributed by atoms with E-state index in [1.807, 2.05) is 24.3 Å². The van der Waals surface area contributed by atoms with Crippen LogP contribution in [0, 0.1) is 13.8 Å². The number of benzene rings is 3. The van der Waals surface area contributed by atoms with Gasteiger partial charge in [0.1, 0.15) is 0 Å². The number of hydrogen-bond donors (Lipinski definition) is 2. The van der Waals surface area contributed by atoms with Crippen LogP contribution >= 0.6 is 0 Å². The van der Waals surface area contributed by atoms with E-state index in [0.717, 1.165) is 17.9 Å². The zero-order valence-electron chi connectivity index (χ0n) is 13.6. The first kappa shape index (κ1) is 15.2. The molecular formula is C21H22N2. The van der Waals surface area contributed by atoms with Crippen LogP contribution in [0.1, 0.15) is 16.7 Å². The molecule has 0 bridgehead atoms. The standard InChI is InChI=1S/C21H22N2/c1-15-3-6-19(13-16(15)2)18-7-11-21(12-8-18)23-14-17-4-9-20(22)10-5-17/h3-13,23H,14,22H2,1-2H3. The van der Waals surface area contributed by atoms with Crippen LogP contribution in [-0.4, -0.2) is 0 Å². The van der Waals surface area contributed by atoms with Crippen molar-refractivity contribution in [3.8, 4) is 11.1 Å². The molecule has 3 aromatic carbocycles. The third-order valence-corrected chi connectivity index (χ3v) is 4.20. The Labute approximate surface area is 138 Å². The molecule has 3 N–H and O–H groups in total. The highest BCUT2D eigenvalue weighted by molar-refractivity contribution is 5.67. The highest BCUT2D eigenvalue weighted by Gasteiger charge is 2.01. The summed E-state index contributed by atoms with van der Waals surface area (Å²) in [5.41, 5.74) is 14.0. The molecule has 0 saturated carbocycles. The number of anilines is 2. The van der Waals surface area contributed by atoms with E-state index in [9.17, 15) is 0 Å². The minimum atomic E-state index is 0.795. The molecule has 0 fully saturated rings. The van der Waals surface area contributed by atoms with Gasteiger partial charge in [0.15, 0.2) is 0 Å². The summed E-state index contributed by atoms with van der Waals surface area (Å²) in [5.74, 6) is 0. The maximum Gasteiger partial charge on any atom is 0.0400 e. The first-order chi connectivity index (χ1) is 11.1. The molecular weight excluding hydrogens is 280 g/mol. The molecule has 2 nitrogen and oxygen atoms in total. The second-order valence-corrected chi connectivity index (χ2v) is 5.97. The van der Waals surface area contributed by atoms with Crippen LogP contribution in [0.5, 0.6) is 0 Å². The molecule has 0 amide bonds. The van der Waals surface area contributed by atoms with Crippen LogP contribution in [0.3, 0.4) is 0 Å². The molecule has 0 aliphatic carbocycles. The molecule has 3 aromatic rings. The van der Waals surface area contributed by atoms with E-state index in [-0.39, 0.29) is 0 Å². The summed E-state index contributed by atoms with van der Waals surface area (Å²) in [5, 5.41) is 3.44. The average Bonchev–Trinajstić information content (AvgIpc) is 2.57. The van der Waals surface area contributed by atoms with Gasteiger partial charge in [-0.25, -0.2) is 0 Å². The average molecular weight is 302 g/mol. The second-order valence-electron chi connectivity index (χ2n) is 5.97. The van der Waals surface area contributed by atoms with Crippen molar-refractivity contribution in [2.75, 3.05) is 11.1 Å². The Morgan fingerprint density at radius 1 is 0.739 bits per heavy atom. The number of aryl methyl sites for hydroxylation is 2. The van der Waals surface area contributed by atoms with E-state index in [4.69, 9.17) is 5.73 Å². The van der Waals surface area contributed by atoms with Crippen molar-refractivity contribution >= 4 is 11.4 Å². The van der Waals surface area contributed by atoms with Gasteiger partial charge in [0.2, 0.25) is 0 Å². The normalized spacial score (nSPS) is 10.5. The van der Waals surface area contributed by atoms with E-state index < -0.39 is 0 Å². The van der Waals surface area contributed by atoms with Crippen molar-refractivity contribution in [1.29, 1.82) is 0 Å². The maximum absolute atomic E-state index is 5.71. The number of rotatable bonds is 4. The lowest BCUT2D eigenvalue weighted by Crippen LogP contribution is -1.99. The molecule has 23 heavy (non-hydrogen) atoms. The number of nitrogens with one attached hydrogen (secondary N) is 1. The van der Waals surface area contributed by atoms with Gasteiger partial charge in [-0.15, -0.1) is 0 Å². The Balaban J connectivity index is 1.69. The summed E-state index contributed by atoms with van der Waals surface area (Å²) in [6.45, 7) is 5.09. The van der Waals surface area contributed by atoms with Gasteiger partial charge in [0.25, 0.3) is 0 Å². The zero-order chi connectivity index (χ0) is 16.2. The van der Waals surface area contributed by atoms with Gasteiger partial charge in [-0.3, -0.25) is 0 Å². The third-order valence-electron chi connectivity index (χ3n) is 4.20. The summed E-state index contributed by atoms with van der Waals surface area (Å²) in [4.78, 5) is 0. The summed E-state index contributed by atoms with van der Waals surface area (Å²) in [6, 6.07) is 23.1. The number of hydrogen-bond acceptors (Lipinski definition) is 2. The van der Waals surface area contributed by atoms with Crippen LogP contribution < -0.4 is 11.1 Å². The number of nitrogen functional groups attached to an aromatic ring is 1. The minimum absolute atomic E-state index is 0.795. The molecule has 3 rings (SSSR count). The van der Waals surface area contributed by atoms with Crippen molar-refractivity contribution in [3.63, 3.8) is 0 Å². The largest absolute Gasteiger partial charge is 0.399 e. The fraction of sp³-hybridized carbons (Fsp3) is 0.143. The Bertz CT molecular complexity index is 787. The van der Waals surface area contributed by atoms with E-state index in [2.05, 4.69) is 61.6 Å². The van der Waals surface area contributed by atoms with E-state index >= 15 is 0 Å². The van der Waals surface area contributed by atoms with Crippen LogP contribution in [-0.2, 0) is 6.54 Å². The first-order valence-electron chi connectivity index (χ1n) is 7.88. The van der Waals surface area contributed by atoms with Crippen LogP contribution in [0.25, 0.3) is 11.1 Å². The van der Waals surface area contributed by atoms with Crippen molar-refractivity contribution in [2.45, 2.75) is 20.4 Å². The highest BCUT2D eigenvalue weighted by atomic mass is 14.9. The van der Waals surface area contributed by atoms with Gasteiger partial charge in [0, 0.05) is 17.9 Å². The molecule has 0 atom stereocenters. The van der Waals surface area contributed by atoms with Gasteiger partial charge in [-0.05, 0) is 65.9 Å². The van der Waals surface area contributed by atoms with E-state index in [0.29, 0.717) is 0 Å². The predicted octanol–water partition coefficient (Wildman–Crippen LogP) is 5.16. The lowest BCUT2D eigenvalue weighted by Gasteiger charge is -2.09. The predicted molar refractivity (Wildman–Crippen MR) is 99.5 cm³/mol. The fourth-order valence-electron chi connectivity index (χ4n) is 2.54. The zero-order valence-corrected chi connectivity index (χ0v) is 13.6. The topological polar surface area (TPSA) is 38.0 Å². The lowest BCUT2D eigenvalue weighted by atomic mass is 10.0. The third kappa shape index (κ3) is 3.72.